The number of urea groups is 1. The molecule has 0 atom stereocenters. The van der Waals surface area contributed by atoms with E-state index in [1.54, 1.807) is 32.0 Å². The van der Waals surface area contributed by atoms with Crippen molar-refractivity contribution in [3.05, 3.63) is 72.1 Å². The van der Waals surface area contributed by atoms with Gasteiger partial charge in [-0.05, 0) is 82.5 Å². The zero-order chi connectivity index (χ0) is 24.9. The minimum absolute atomic E-state index is 0.304. The van der Waals surface area contributed by atoms with E-state index in [9.17, 15) is 9.59 Å². The number of fused-ring (bicyclic) bond motifs is 1. The van der Waals surface area contributed by atoms with Crippen LogP contribution in [0.25, 0.3) is 22.2 Å². The van der Waals surface area contributed by atoms with Crippen molar-refractivity contribution < 1.29 is 18.7 Å². The zero-order valence-corrected chi connectivity index (χ0v) is 20.4. The highest BCUT2D eigenvalue weighted by Gasteiger charge is 2.17. The molecule has 0 radical (unpaired) electrons. The summed E-state index contributed by atoms with van der Waals surface area (Å²) in [7, 11) is 4.11. The molecule has 35 heavy (non-hydrogen) atoms. The Morgan fingerprint density at radius 3 is 2.43 bits per heavy atom. The summed E-state index contributed by atoms with van der Waals surface area (Å²) in [6, 6.07) is 16.5. The second-order valence-electron chi connectivity index (χ2n) is 8.54. The number of esters is 1. The topological polar surface area (TPSA) is 88.7 Å². The van der Waals surface area contributed by atoms with E-state index in [0.717, 1.165) is 35.2 Å². The molecule has 0 spiro atoms. The van der Waals surface area contributed by atoms with Crippen molar-refractivity contribution in [3.8, 4) is 11.3 Å². The fourth-order valence-electron chi connectivity index (χ4n) is 3.83. The molecule has 2 heterocycles. The molecule has 182 valence electrons. The minimum atomic E-state index is -0.404. The number of nitrogens with one attached hydrogen (secondary N) is 2. The minimum Gasteiger partial charge on any atom is -0.462 e. The van der Waals surface area contributed by atoms with Gasteiger partial charge in [0.1, 0.15) is 17.1 Å². The lowest BCUT2D eigenvalue weighted by atomic mass is 10.1. The third kappa shape index (κ3) is 5.73. The SMILES string of the molecule is CCOC(=O)c1cc(-c2ccc(NC(=O)Nc3ccc4c(ccn4CCN(C)C)c3)cc2)oc1C. The average Bonchev–Trinajstić information content (AvgIpc) is 3.41. The maximum atomic E-state index is 12.5. The van der Waals surface area contributed by atoms with Crippen molar-refractivity contribution in [2.24, 2.45) is 0 Å². The Labute approximate surface area is 204 Å². The van der Waals surface area contributed by atoms with E-state index in [1.807, 2.05) is 30.3 Å². The molecule has 0 aliphatic heterocycles. The van der Waals surface area contributed by atoms with Crippen molar-refractivity contribution >= 4 is 34.3 Å². The van der Waals surface area contributed by atoms with Gasteiger partial charge in [0.25, 0.3) is 0 Å². The Kier molecular flexibility index (Phi) is 7.22. The number of anilines is 2. The maximum Gasteiger partial charge on any atom is 0.341 e. The highest BCUT2D eigenvalue weighted by molar-refractivity contribution is 6.01. The number of hydrogen-bond donors (Lipinski definition) is 2. The summed E-state index contributed by atoms with van der Waals surface area (Å²) in [4.78, 5) is 26.7. The highest BCUT2D eigenvalue weighted by Crippen LogP contribution is 2.27. The number of carbonyl (C=O) groups is 2. The van der Waals surface area contributed by atoms with E-state index in [0.29, 0.717) is 29.4 Å². The third-order valence-corrected chi connectivity index (χ3v) is 5.66. The molecule has 0 saturated heterocycles. The molecule has 0 unspecified atom stereocenters. The summed E-state index contributed by atoms with van der Waals surface area (Å²) >= 11 is 0. The van der Waals surface area contributed by atoms with E-state index in [1.165, 1.54) is 0 Å². The van der Waals surface area contributed by atoms with Gasteiger partial charge in [-0.25, -0.2) is 9.59 Å². The fraction of sp³-hybridized carbons (Fsp3) is 0.259. The number of benzene rings is 2. The van der Waals surface area contributed by atoms with E-state index >= 15 is 0 Å². The molecule has 0 bridgehead atoms. The number of likely N-dealkylation sites (N-methyl/N-ethyl adjacent to an activating group) is 1. The van der Waals surface area contributed by atoms with Crippen molar-refractivity contribution in [2.75, 3.05) is 37.9 Å². The molecule has 2 amide bonds. The summed E-state index contributed by atoms with van der Waals surface area (Å²) in [6.45, 7) is 5.65. The van der Waals surface area contributed by atoms with Gasteiger partial charge < -0.3 is 29.3 Å². The van der Waals surface area contributed by atoms with Gasteiger partial charge in [0.15, 0.2) is 0 Å². The summed E-state index contributed by atoms with van der Waals surface area (Å²) in [6.07, 6.45) is 2.07. The average molecular weight is 475 g/mol. The zero-order valence-electron chi connectivity index (χ0n) is 20.4. The number of nitrogens with zero attached hydrogens (tertiary/aromatic N) is 2. The fourth-order valence-corrected chi connectivity index (χ4v) is 3.83. The van der Waals surface area contributed by atoms with Crippen LogP contribution in [0.2, 0.25) is 0 Å². The Morgan fingerprint density at radius 1 is 1.00 bits per heavy atom. The van der Waals surface area contributed by atoms with E-state index in [4.69, 9.17) is 9.15 Å². The van der Waals surface area contributed by atoms with Crippen LogP contribution in [0.4, 0.5) is 16.2 Å². The lowest BCUT2D eigenvalue weighted by Gasteiger charge is -2.12. The van der Waals surface area contributed by atoms with Crippen LogP contribution in [0.5, 0.6) is 0 Å². The first-order valence-electron chi connectivity index (χ1n) is 11.5. The molecule has 0 aliphatic carbocycles. The smallest absolute Gasteiger partial charge is 0.341 e. The number of rotatable bonds is 8. The summed E-state index contributed by atoms with van der Waals surface area (Å²) in [5.74, 6) is 0.663. The number of ether oxygens (including phenoxy) is 1. The lowest BCUT2D eigenvalue weighted by molar-refractivity contribution is 0.0524. The molecule has 4 aromatic rings. The van der Waals surface area contributed by atoms with Crippen LogP contribution >= 0.6 is 0 Å². The van der Waals surface area contributed by atoms with E-state index in [2.05, 4.69) is 46.5 Å². The molecule has 8 nitrogen and oxygen atoms in total. The van der Waals surface area contributed by atoms with E-state index in [-0.39, 0.29) is 6.03 Å². The molecule has 2 aromatic heterocycles. The molecule has 0 saturated carbocycles. The lowest BCUT2D eigenvalue weighted by Crippen LogP contribution is -2.19. The normalized spacial score (nSPS) is 11.1. The van der Waals surface area contributed by atoms with Crippen molar-refractivity contribution in [1.29, 1.82) is 0 Å². The molecule has 0 aliphatic rings. The standard InChI is InChI=1S/C27H30N4O4/c1-5-34-26(32)23-17-25(35-18(23)2)19-6-8-21(9-7-19)28-27(33)29-22-10-11-24-20(16-22)12-13-31(24)15-14-30(3)4/h6-13,16-17H,5,14-15H2,1-4H3,(H2,28,29,33). The second-order valence-corrected chi connectivity index (χ2v) is 8.54. The Balaban J connectivity index is 1.39. The molecule has 0 fully saturated rings. The monoisotopic (exact) mass is 474 g/mol. The Bertz CT molecular complexity index is 1340. The number of amides is 2. The van der Waals surface area contributed by atoms with Crippen molar-refractivity contribution in [2.45, 2.75) is 20.4 Å². The van der Waals surface area contributed by atoms with Crippen molar-refractivity contribution in [3.63, 3.8) is 0 Å². The largest absolute Gasteiger partial charge is 0.462 e. The molecule has 4 rings (SSSR count). The molecule has 2 N–H and O–H groups in total. The predicted octanol–water partition coefficient (Wildman–Crippen LogP) is 5.59. The summed E-state index contributed by atoms with van der Waals surface area (Å²) < 4.78 is 13.0. The van der Waals surface area contributed by atoms with Crippen LogP contribution in [0.3, 0.4) is 0 Å². The number of hydrogen-bond acceptors (Lipinski definition) is 5. The van der Waals surface area contributed by atoms with Gasteiger partial charge in [-0.15, -0.1) is 0 Å². The number of aromatic nitrogens is 1. The summed E-state index contributed by atoms with van der Waals surface area (Å²) in [5.41, 5.74) is 3.69. The number of carbonyl (C=O) groups excluding carboxylic acids is 2. The highest BCUT2D eigenvalue weighted by atomic mass is 16.5. The third-order valence-electron chi connectivity index (χ3n) is 5.66. The molecular formula is C27H30N4O4. The van der Waals surface area contributed by atoms with Crippen LogP contribution < -0.4 is 10.6 Å². The van der Waals surface area contributed by atoms with Gasteiger partial charge >= 0.3 is 12.0 Å². The first-order valence-corrected chi connectivity index (χ1v) is 11.5. The van der Waals surface area contributed by atoms with Gasteiger partial charge in [-0.1, -0.05) is 0 Å². The predicted molar refractivity (Wildman–Crippen MR) is 138 cm³/mol. The maximum absolute atomic E-state index is 12.5. The van der Waals surface area contributed by atoms with E-state index < -0.39 is 5.97 Å². The van der Waals surface area contributed by atoms with Crippen LogP contribution in [-0.4, -0.2) is 48.7 Å². The van der Waals surface area contributed by atoms with Crippen molar-refractivity contribution in [1.82, 2.24) is 9.47 Å². The molecular weight excluding hydrogens is 444 g/mol. The second kappa shape index (κ2) is 10.5. The Hall–Kier alpha value is -4.04. The van der Waals surface area contributed by atoms with Gasteiger partial charge in [-0.2, -0.15) is 0 Å². The van der Waals surface area contributed by atoms with Crippen LogP contribution in [0.1, 0.15) is 23.0 Å². The van der Waals surface area contributed by atoms with Gasteiger partial charge in [0, 0.05) is 47.1 Å². The van der Waals surface area contributed by atoms with Gasteiger partial charge in [-0.3, -0.25) is 0 Å². The number of aryl methyl sites for hydroxylation is 1. The molecule has 2 aromatic carbocycles. The van der Waals surface area contributed by atoms with Gasteiger partial charge in [0.05, 0.1) is 6.61 Å². The van der Waals surface area contributed by atoms with Crippen LogP contribution in [0, 0.1) is 6.92 Å². The Morgan fingerprint density at radius 2 is 1.71 bits per heavy atom. The molecule has 8 heteroatoms. The number of furan rings is 1. The quantitative estimate of drug-likeness (QED) is 0.325. The first kappa shape index (κ1) is 24.1. The van der Waals surface area contributed by atoms with Crippen LogP contribution in [-0.2, 0) is 11.3 Å². The first-order chi connectivity index (χ1) is 16.8. The van der Waals surface area contributed by atoms with Gasteiger partial charge in [0.2, 0.25) is 0 Å². The van der Waals surface area contributed by atoms with Crippen LogP contribution in [0.15, 0.2) is 65.2 Å². The summed E-state index contributed by atoms with van der Waals surface area (Å²) in [5, 5.41) is 6.80.